The Hall–Kier alpha value is -0.0800. The normalized spacial score (nSPS) is 10.0. The molecule has 0 saturated heterocycles. The van der Waals surface area contributed by atoms with Gasteiger partial charge in [0, 0.05) is 6.54 Å². The maximum atomic E-state index is 4.81. The van der Waals surface area contributed by atoms with Crippen LogP contribution in [0.2, 0.25) is 0 Å². The van der Waals surface area contributed by atoms with Crippen LogP contribution in [-0.2, 0) is 4.84 Å². The molecule has 0 aromatic carbocycles. The van der Waals surface area contributed by atoms with Crippen LogP contribution in [0, 0.1) is 0 Å². The third kappa shape index (κ3) is 7.92. The van der Waals surface area contributed by atoms with Crippen LogP contribution in [0.5, 0.6) is 0 Å². The summed E-state index contributed by atoms with van der Waals surface area (Å²) in [5.74, 6) is 0. The molecule has 0 rings (SSSR count). The van der Waals surface area contributed by atoms with Crippen molar-refractivity contribution in [1.82, 2.24) is 5.48 Å². The van der Waals surface area contributed by atoms with Crippen molar-refractivity contribution in [2.24, 2.45) is 0 Å². The molecular formula is C7H16NO. The van der Waals surface area contributed by atoms with Crippen molar-refractivity contribution in [1.29, 1.82) is 0 Å². The van der Waals surface area contributed by atoms with Crippen molar-refractivity contribution >= 4 is 0 Å². The van der Waals surface area contributed by atoms with E-state index in [0.717, 1.165) is 13.0 Å². The summed E-state index contributed by atoms with van der Waals surface area (Å²) in [5, 5.41) is 0. The summed E-state index contributed by atoms with van der Waals surface area (Å²) in [6, 6.07) is 0. The molecule has 0 atom stereocenters. The first-order valence-corrected chi connectivity index (χ1v) is 3.70. The van der Waals surface area contributed by atoms with Gasteiger partial charge in [0.1, 0.15) is 0 Å². The lowest BCUT2D eigenvalue weighted by molar-refractivity contribution is 0.0417. The van der Waals surface area contributed by atoms with Crippen LogP contribution in [0.4, 0.5) is 0 Å². The van der Waals surface area contributed by atoms with Gasteiger partial charge in [-0.05, 0) is 13.3 Å². The Balaban J connectivity index is 2.60. The van der Waals surface area contributed by atoms with Gasteiger partial charge in [0.25, 0.3) is 0 Å². The number of unbranched alkanes of at least 4 members (excludes halogenated alkanes) is 2. The van der Waals surface area contributed by atoms with Gasteiger partial charge in [-0.3, -0.25) is 4.84 Å². The SMILES string of the molecule is CCCCC[N]OCC. The number of hydroxylamine groups is 1. The molecule has 0 aromatic rings. The zero-order valence-corrected chi connectivity index (χ0v) is 6.39. The molecule has 0 unspecified atom stereocenters. The average molecular weight is 130 g/mol. The zero-order valence-electron chi connectivity index (χ0n) is 6.39. The van der Waals surface area contributed by atoms with Gasteiger partial charge in [-0.25, -0.2) is 0 Å². The van der Waals surface area contributed by atoms with Crippen LogP contribution in [0.15, 0.2) is 0 Å². The van der Waals surface area contributed by atoms with Gasteiger partial charge in [0.05, 0.1) is 6.61 Å². The van der Waals surface area contributed by atoms with E-state index in [9.17, 15) is 0 Å². The summed E-state index contributed by atoms with van der Waals surface area (Å²) in [6.07, 6.45) is 3.68. The largest absolute Gasteiger partial charge is 0.282 e. The molecule has 9 heavy (non-hydrogen) atoms. The first-order chi connectivity index (χ1) is 4.41. The fourth-order valence-corrected chi connectivity index (χ4v) is 0.582. The summed E-state index contributed by atoms with van der Waals surface area (Å²) >= 11 is 0. The predicted molar refractivity (Wildman–Crippen MR) is 38.2 cm³/mol. The van der Waals surface area contributed by atoms with Crippen LogP contribution < -0.4 is 5.48 Å². The Kier molecular flexibility index (Phi) is 7.85. The summed E-state index contributed by atoms with van der Waals surface area (Å²) < 4.78 is 0. The van der Waals surface area contributed by atoms with E-state index in [1.807, 2.05) is 6.92 Å². The Labute approximate surface area is 57.5 Å². The van der Waals surface area contributed by atoms with E-state index in [1.165, 1.54) is 12.8 Å². The second-order valence-electron chi connectivity index (χ2n) is 1.98. The van der Waals surface area contributed by atoms with E-state index in [1.54, 1.807) is 0 Å². The molecule has 0 aliphatic carbocycles. The highest BCUT2D eigenvalue weighted by molar-refractivity contribution is 4.37. The van der Waals surface area contributed by atoms with Crippen molar-refractivity contribution in [3.05, 3.63) is 0 Å². The summed E-state index contributed by atoms with van der Waals surface area (Å²) in [6.45, 7) is 5.69. The number of hydrogen-bond donors (Lipinski definition) is 0. The Morgan fingerprint density at radius 2 is 2.00 bits per heavy atom. The van der Waals surface area contributed by atoms with Crippen LogP contribution in [-0.4, -0.2) is 13.2 Å². The van der Waals surface area contributed by atoms with Crippen LogP contribution >= 0.6 is 0 Å². The van der Waals surface area contributed by atoms with Gasteiger partial charge in [0.2, 0.25) is 0 Å². The summed E-state index contributed by atoms with van der Waals surface area (Å²) in [4.78, 5) is 4.81. The number of nitrogens with zero attached hydrogens (tertiary/aromatic N) is 1. The van der Waals surface area contributed by atoms with Crippen LogP contribution in [0.1, 0.15) is 33.1 Å². The molecule has 0 spiro atoms. The van der Waals surface area contributed by atoms with Crippen LogP contribution in [0.3, 0.4) is 0 Å². The van der Waals surface area contributed by atoms with E-state index in [-0.39, 0.29) is 0 Å². The van der Waals surface area contributed by atoms with Gasteiger partial charge in [-0.1, -0.05) is 25.2 Å². The second kappa shape index (κ2) is 7.92. The molecule has 1 radical (unpaired) electrons. The molecule has 0 aliphatic rings. The van der Waals surface area contributed by atoms with Crippen molar-refractivity contribution in [3.63, 3.8) is 0 Å². The summed E-state index contributed by atoms with van der Waals surface area (Å²) in [5.41, 5.74) is 3.83. The summed E-state index contributed by atoms with van der Waals surface area (Å²) in [7, 11) is 0. The van der Waals surface area contributed by atoms with E-state index < -0.39 is 0 Å². The Bertz CT molecular complexity index is 42.2. The van der Waals surface area contributed by atoms with Gasteiger partial charge < -0.3 is 0 Å². The third-order valence-corrected chi connectivity index (χ3v) is 1.07. The molecular weight excluding hydrogens is 114 g/mol. The molecule has 0 heterocycles. The molecule has 0 aliphatic heterocycles. The Morgan fingerprint density at radius 1 is 1.22 bits per heavy atom. The van der Waals surface area contributed by atoms with E-state index in [4.69, 9.17) is 4.84 Å². The Morgan fingerprint density at radius 3 is 2.56 bits per heavy atom. The van der Waals surface area contributed by atoms with Gasteiger partial charge in [0.15, 0.2) is 0 Å². The smallest absolute Gasteiger partial charge is 0.0674 e. The van der Waals surface area contributed by atoms with Crippen molar-refractivity contribution in [2.45, 2.75) is 33.1 Å². The van der Waals surface area contributed by atoms with Crippen molar-refractivity contribution in [3.8, 4) is 0 Å². The third-order valence-electron chi connectivity index (χ3n) is 1.07. The highest BCUT2D eigenvalue weighted by Gasteiger charge is 1.85. The monoisotopic (exact) mass is 130 g/mol. The zero-order chi connectivity index (χ0) is 6.95. The highest BCUT2D eigenvalue weighted by Crippen LogP contribution is 1.91. The number of hydrogen-bond acceptors (Lipinski definition) is 1. The predicted octanol–water partition coefficient (Wildman–Crippen LogP) is 1.73. The van der Waals surface area contributed by atoms with Crippen molar-refractivity contribution < 1.29 is 4.84 Å². The maximum absolute atomic E-state index is 4.81. The van der Waals surface area contributed by atoms with E-state index in [2.05, 4.69) is 12.4 Å². The van der Waals surface area contributed by atoms with E-state index in [0.29, 0.717) is 6.61 Å². The first kappa shape index (κ1) is 8.92. The minimum atomic E-state index is 0.701. The molecule has 0 amide bonds. The minimum absolute atomic E-state index is 0.701. The second-order valence-corrected chi connectivity index (χ2v) is 1.98. The van der Waals surface area contributed by atoms with E-state index >= 15 is 0 Å². The number of rotatable bonds is 6. The van der Waals surface area contributed by atoms with Crippen molar-refractivity contribution in [2.75, 3.05) is 13.2 Å². The quantitative estimate of drug-likeness (QED) is 0.396. The molecule has 0 fully saturated rings. The molecule has 2 nitrogen and oxygen atoms in total. The van der Waals surface area contributed by atoms with Gasteiger partial charge in [-0.15, -0.1) is 0 Å². The molecule has 2 heteroatoms. The molecule has 0 aromatic heterocycles. The first-order valence-electron chi connectivity index (χ1n) is 3.70. The lowest BCUT2D eigenvalue weighted by Crippen LogP contribution is -2.06. The highest BCUT2D eigenvalue weighted by atomic mass is 16.6. The average Bonchev–Trinajstić information content (AvgIpc) is 1.89. The maximum Gasteiger partial charge on any atom is 0.0674 e. The fraction of sp³-hybridized carbons (Fsp3) is 1.00. The molecule has 0 saturated carbocycles. The van der Waals surface area contributed by atoms with Gasteiger partial charge >= 0.3 is 0 Å². The minimum Gasteiger partial charge on any atom is -0.282 e. The lowest BCUT2D eigenvalue weighted by Gasteiger charge is -1.97. The molecule has 0 N–H and O–H groups in total. The molecule has 0 bridgehead atoms. The fourth-order valence-electron chi connectivity index (χ4n) is 0.582. The topological polar surface area (TPSA) is 23.3 Å². The van der Waals surface area contributed by atoms with Crippen LogP contribution in [0.25, 0.3) is 0 Å². The lowest BCUT2D eigenvalue weighted by atomic mass is 10.3. The molecule has 55 valence electrons. The standard InChI is InChI=1S/C7H16NO/c1-3-5-6-7-8-9-4-2/h3-7H2,1-2H3. The van der Waals surface area contributed by atoms with Gasteiger partial charge in [-0.2, -0.15) is 0 Å².